The summed E-state index contributed by atoms with van der Waals surface area (Å²) >= 11 is 0. The SMILES string of the molecule is CCCCCC1CCC1CCC(CC)CC(CCC)C1CCCC1. The molecular weight excluding hydrogens is 288 g/mol. The van der Waals surface area contributed by atoms with Gasteiger partial charge in [0.2, 0.25) is 0 Å². The van der Waals surface area contributed by atoms with Gasteiger partial charge in [0.1, 0.15) is 0 Å². The summed E-state index contributed by atoms with van der Waals surface area (Å²) < 4.78 is 0. The Kier molecular flexibility index (Phi) is 9.80. The lowest BCUT2D eigenvalue weighted by Crippen LogP contribution is -2.26. The zero-order chi connectivity index (χ0) is 17.2. The van der Waals surface area contributed by atoms with Gasteiger partial charge in [-0.2, -0.15) is 0 Å². The van der Waals surface area contributed by atoms with Crippen molar-refractivity contribution in [3.63, 3.8) is 0 Å². The van der Waals surface area contributed by atoms with Crippen molar-refractivity contribution in [1.29, 1.82) is 0 Å². The normalized spacial score (nSPS) is 27.1. The molecule has 4 atom stereocenters. The van der Waals surface area contributed by atoms with Gasteiger partial charge in [0, 0.05) is 0 Å². The average molecular weight is 335 g/mol. The molecule has 2 aliphatic carbocycles. The van der Waals surface area contributed by atoms with Crippen LogP contribution >= 0.6 is 0 Å². The molecule has 2 fully saturated rings. The maximum absolute atomic E-state index is 2.46. The quantitative estimate of drug-likeness (QED) is 0.297. The van der Waals surface area contributed by atoms with Crippen molar-refractivity contribution in [2.75, 3.05) is 0 Å². The summed E-state index contributed by atoms with van der Waals surface area (Å²) in [7, 11) is 0. The van der Waals surface area contributed by atoms with Crippen molar-refractivity contribution in [2.45, 2.75) is 124 Å². The van der Waals surface area contributed by atoms with Gasteiger partial charge in [-0.15, -0.1) is 0 Å². The van der Waals surface area contributed by atoms with E-state index in [4.69, 9.17) is 0 Å². The predicted molar refractivity (Wildman–Crippen MR) is 108 cm³/mol. The highest BCUT2D eigenvalue weighted by atomic mass is 14.4. The molecule has 24 heavy (non-hydrogen) atoms. The van der Waals surface area contributed by atoms with Crippen LogP contribution in [0.25, 0.3) is 0 Å². The molecule has 2 aliphatic rings. The molecule has 0 spiro atoms. The minimum absolute atomic E-state index is 1.03. The topological polar surface area (TPSA) is 0 Å². The highest BCUT2D eigenvalue weighted by molar-refractivity contribution is 4.82. The van der Waals surface area contributed by atoms with E-state index < -0.39 is 0 Å². The maximum atomic E-state index is 2.46. The summed E-state index contributed by atoms with van der Waals surface area (Å²) in [6.07, 6.45) is 24.1. The van der Waals surface area contributed by atoms with E-state index in [2.05, 4.69) is 20.8 Å². The largest absolute Gasteiger partial charge is 0.0654 e. The number of hydrogen-bond donors (Lipinski definition) is 0. The molecule has 0 aromatic carbocycles. The second-order valence-corrected chi connectivity index (χ2v) is 9.27. The van der Waals surface area contributed by atoms with Gasteiger partial charge in [-0.25, -0.2) is 0 Å². The van der Waals surface area contributed by atoms with Crippen LogP contribution in [0.15, 0.2) is 0 Å². The zero-order valence-corrected chi connectivity index (χ0v) is 17.2. The first kappa shape index (κ1) is 20.3. The van der Waals surface area contributed by atoms with Crippen LogP contribution in [0.3, 0.4) is 0 Å². The molecule has 4 unspecified atom stereocenters. The highest BCUT2D eigenvalue weighted by Crippen LogP contribution is 2.43. The van der Waals surface area contributed by atoms with Crippen molar-refractivity contribution in [3.8, 4) is 0 Å². The first-order valence-corrected chi connectivity index (χ1v) is 11.8. The van der Waals surface area contributed by atoms with Gasteiger partial charge >= 0.3 is 0 Å². The Morgan fingerprint density at radius 1 is 0.750 bits per heavy atom. The molecule has 0 bridgehead atoms. The molecule has 0 aromatic heterocycles. The summed E-state index contributed by atoms with van der Waals surface area (Å²) in [6.45, 7) is 7.20. The van der Waals surface area contributed by atoms with Crippen LogP contribution in [0, 0.1) is 29.6 Å². The van der Waals surface area contributed by atoms with Crippen molar-refractivity contribution in [2.24, 2.45) is 29.6 Å². The van der Waals surface area contributed by atoms with Crippen LogP contribution in [-0.4, -0.2) is 0 Å². The lowest BCUT2D eigenvalue weighted by Gasteiger charge is -2.38. The van der Waals surface area contributed by atoms with E-state index >= 15 is 0 Å². The van der Waals surface area contributed by atoms with E-state index in [1.807, 2.05) is 0 Å². The Bertz CT molecular complexity index is 301. The summed E-state index contributed by atoms with van der Waals surface area (Å²) in [5.74, 6) is 5.38. The van der Waals surface area contributed by atoms with Crippen molar-refractivity contribution in [3.05, 3.63) is 0 Å². The van der Waals surface area contributed by atoms with E-state index in [9.17, 15) is 0 Å². The van der Waals surface area contributed by atoms with Crippen molar-refractivity contribution >= 4 is 0 Å². The van der Waals surface area contributed by atoms with E-state index in [1.165, 1.54) is 57.8 Å². The number of unbranched alkanes of at least 4 members (excludes halogenated alkanes) is 2. The summed E-state index contributed by atoms with van der Waals surface area (Å²) in [5, 5.41) is 0. The van der Waals surface area contributed by atoms with E-state index in [0.29, 0.717) is 0 Å². The lowest BCUT2D eigenvalue weighted by molar-refractivity contribution is 0.133. The Balaban J connectivity index is 1.70. The van der Waals surface area contributed by atoms with Gasteiger partial charge < -0.3 is 0 Å². The summed E-state index contributed by atoms with van der Waals surface area (Å²) in [4.78, 5) is 0. The Morgan fingerprint density at radius 2 is 1.46 bits per heavy atom. The number of hydrogen-bond acceptors (Lipinski definition) is 0. The zero-order valence-electron chi connectivity index (χ0n) is 17.2. The van der Waals surface area contributed by atoms with Crippen LogP contribution < -0.4 is 0 Å². The van der Waals surface area contributed by atoms with Crippen molar-refractivity contribution < 1.29 is 0 Å². The van der Waals surface area contributed by atoms with E-state index in [0.717, 1.165) is 29.6 Å². The van der Waals surface area contributed by atoms with Gasteiger partial charge in [-0.3, -0.25) is 0 Å². The molecule has 0 heterocycles. The predicted octanol–water partition coefficient (Wildman–Crippen LogP) is 8.40. The molecular formula is C24H46. The summed E-state index contributed by atoms with van der Waals surface area (Å²) in [6, 6.07) is 0. The Hall–Kier alpha value is 0. The molecule has 0 radical (unpaired) electrons. The third-order valence-corrected chi connectivity index (χ3v) is 7.64. The monoisotopic (exact) mass is 334 g/mol. The molecule has 0 heteroatoms. The minimum Gasteiger partial charge on any atom is -0.0654 e. The smallest absolute Gasteiger partial charge is 0.0383 e. The fourth-order valence-electron chi connectivity index (χ4n) is 5.77. The van der Waals surface area contributed by atoms with E-state index in [-0.39, 0.29) is 0 Å². The lowest BCUT2D eigenvalue weighted by atomic mass is 9.68. The molecule has 0 amide bonds. The fraction of sp³-hybridized carbons (Fsp3) is 1.00. The Labute approximate surface area is 153 Å². The standard InChI is InChI=1S/C24H46/c1-4-7-8-12-22-17-18-23(22)16-15-20(6-3)19-24(11-5-2)21-13-9-10-14-21/h20-24H,4-19H2,1-3H3. The average Bonchev–Trinajstić information content (AvgIpc) is 3.10. The minimum atomic E-state index is 1.03. The molecule has 0 aromatic rings. The van der Waals surface area contributed by atoms with Crippen LogP contribution in [0.4, 0.5) is 0 Å². The number of rotatable bonds is 13. The molecule has 0 saturated heterocycles. The fourth-order valence-corrected chi connectivity index (χ4v) is 5.77. The first-order chi connectivity index (χ1) is 11.8. The van der Waals surface area contributed by atoms with Crippen LogP contribution in [0.2, 0.25) is 0 Å². The van der Waals surface area contributed by atoms with Crippen LogP contribution in [0.5, 0.6) is 0 Å². The molecule has 142 valence electrons. The summed E-state index contributed by atoms with van der Waals surface area (Å²) in [5.41, 5.74) is 0. The second kappa shape index (κ2) is 11.6. The van der Waals surface area contributed by atoms with Crippen LogP contribution in [-0.2, 0) is 0 Å². The van der Waals surface area contributed by atoms with Gasteiger partial charge in [0.25, 0.3) is 0 Å². The molecule has 2 rings (SSSR count). The second-order valence-electron chi connectivity index (χ2n) is 9.27. The maximum Gasteiger partial charge on any atom is -0.0383 e. The van der Waals surface area contributed by atoms with Gasteiger partial charge in [-0.1, -0.05) is 97.8 Å². The van der Waals surface area contributed by atoms with Gasteiger partial charge in [0.05, 0.1) is 0 Å². The molecule has 0 nitrogen and oxygen atoms in total. The van der Waals surface area contributed by atoms with Crippen molar-refractivity contribution in [1.82, 2.24) is 0 Å². The molecule has 0 aliphatic heterocycles. The first-order valence-electron chi connectivity index (χ1n) is 11.8. The molecule has 2 saturated carbocycles. The Morgan fingerprint density at radius 3 is 2.04 bits per heavy atom. The van der Waals surface area contributed by atoms with E-state index in [1.54, 1.807) is 44.9 Å². The van der Waals surface area contributed by atoms with Crippen LogP contribution in [0.1, 0.15) is 124 Å². The third-order valence-electron chi connectivity index (χ3n) is 7.64. The highest BCUT2D eigenvalue weighted by Gasteiger charge is 2.31. The third kappa shape index (κ3) is 6.38. The van der Waals surface area contributed by atoms with Gasteiger partial charge in [0.15, 0.2) is 0 Å². The van der Waals surface area contributed by atoms with Gasteiger partial charge in [-0.05, 0) is 55.3 Å². The molecule has 0 N–H and O–H groups in total.